The number of carboxylic acids is 1. The van der Waals surface area contributed by atoms with Crippen molar-refractivity contribution in [3.63, 3.8) is 0 Å². The van der Waals surface area contributed by atoms with Crippen LogP contribution in [0, 0.1) is 0 Å². The molecule has 0 fully saturated rings. The van der Waals surface area contributed by atoms with Crippen LogP contribution in [0.1, 0.15) is 28.4 Å². The lowest BCUT2D eigenvalue weighted by Crippen LogP contribution is -2.34. The van der Waals surface area contributed by atoms with E-state index in [1.807, 2.05) is 47.3 Å². The maximum Gasteiger partial charge on any atom is 0.325 e. The number of pyridine rings is 2. The molecule has 7 heteroatoms. The lowest BCUT2D eigenvalue weighted by molar-refractivity contribution is -0.688. The topological polar surface area (TPSA) is 86.2 Å². The molecule has 5 aromatic rings. The molecular weight excluding hydrogens is 512 g/mol. The molecule has 2 aromatic heterocycles. The van der Waals surface area contributed by atoms with E-state index in [1.165, 1.54) is 16.7 Å². The molecule has 0 spiro atoms. The molecule has 41 heavy (non-hydrogen) atoms. The van der Waals surface area contributed by atoms with Crippen LogP contribution in [0.5, 0.6) is 0 Å². The maximum absolute atomic E-state index is 12.9. The first-order chi connectivity index (χ1) is 19.9. The standard InChI is InChI=1S/C34H30N4O3/c1-25(34(40)41)35-31-10-5-9-30(21-31)33(39)36-32-11-6-18-38(24-32)23-27-14-12-26(13-15-27)22-37-19-16-29(17-20-37)28-7-3-2-4-8-28/h2-21,24-25,35H,22-23H2,1H3/p+2. The van der Waals surface area contributed by atoms with Gasteiger partial charge in [-0.3, -0.25) is 9.59 Å². The summed E-state index contributed by atoms with van der Waals surface area (Å²) < 4.78 is 4.19. The zero-order valence-corrected chi connectivity index (χ0v) is 22.8. The first-order valence-corrected chi connectivity index (χ1v) is 13.5. The molecule has 0 bridgehead atoms. The fourth-order valence-electron chi connectivity index (χ4n) is 4.52. The zero-order chi connectivity index (χ0) is 28.6. The molecule has 7 nitrogen and oxygen atoms in total. The van der Waals surface area contributed by atoms with Gasteiger partial charge in [0.1, 0.15) is 11.7 Å². The molecule has 1 unspecified atom stereocenters. The highest BCUT2D eigenvalue weighted by Crippen LogP contribution is 2.17. The second kappa shape index (κ2) is 12.7. The van der Waals surface area contributed by atoms with E-state index in [0.29, 0.717) is 23.5 Å². The summed E-state index contributed by atoms with van der Waals surface area (Å²) in [6, 6.07) is 32.9. The van der Waals surface area contributed by atoms with E-state index in [1.54, 1.807) is 31.2 Å². The highest BCUT2D eigenvalue weighted by molar-refractivity contribution is 6.04. The monoisotopic (exact) mass is 544 g/mol. The molecule has 0 radical (unpaired) electrons. The van der Waals surface area contributed by atoms with Crippen LogP contribution in [0.4, 0.5) is 11.4 Å². The Balaban J connectivity index is 1.18. The largest absolute Gasteiger partial charge is 0.480 e. The average molecular weight is 545 g/mol. The van der Waals surface area contributed by atoms with Crippen molar-refractivity contribution >= 4 is 23.3 Å². The zero-order valence-electron chi connectivity index (χ0n) is 22.8. The summed E-state index contributed by atoms with van der Waals surface area (Å²) in [6.07, 6.45) is 8.07. The van der Waals surface area contributed by atoms with Crippen molar-refractivity contribution in [3.8, 4) is 11.1 Å². The first-order valence-electron chi connectivity index (χ1n) is 13.5. The fraction of sp³-hybridized carbons (Fsp3) is 0.118. The molecule has 0 saturated carbocycles. The molecule has 204 valence electrons. The molecule has 1 atom stereocenters. The minimum atomic E-state index is -0.962. The van der Waals surface area contributed by atoms with Gasteiger partial charge in [-0.2, -0.15) is 4.57 Å². The molecule has 2 heterocycles. The Bertz CT molecular complexity index is 1640. The van der Waals surface area contributed by atoms with Gasteiger partial charge < -0.3 is 15.7 Å². The number of benzene rings is 3. The summed E-state index contributed by atoms with van der Waals surface area (Å²) in [5, 5.41) is 14.9. The molecule has 0 aliphatic rings. The van der Waals surface area contributed by atoms with E-state index in [9.17, 15) is 9.59 Å². The van der Waals surface area contributed by atoms with Crippen LogP contribution in [0.15, 0.2) is 128 Å². The number of carbonyl (C=O) groups is 2. The van der Waals surface area contributed by atoms with Gasteiger partial charge in [0, 0.05) is 40.6 Å². The summed E-state index contributed by atoms with van der Waals surface area (Å²) in [4.78, 5) is 24.0. The predicted octanol–water partition coefficient (Wildman–Crippen LogP) is 5.16. The maximum atomic E-state index is 12.9. The van der Waals surface area contributed by atoms with Gasteiger partial charge in [-0.15, -0.1) is 0 Å². The first kappa shape index (κ1) is 27.3. The SMILES string of the molecule is CC(Nc1cccc(C(=O)Nc2ccc[n+](Cc3ccc(C[n+]4ccc(-c5ccccc5)cc4)cc3)c2)c1)C(=O)O. The normalized spacial score (nSPS) is 11.4. The minimum absolute atomic E-state index is 0.270. The quantitative estimate of drug-likeness (QED) is 0.212. The van der Waals surface area contributed by atoms with Gasteiger partial charge in [0.25, 0.3) is 5.91 Å². The molecule has 3 aromatic carbocycles. The Morgan fingerprint density at radius 1 is 0.707 bits per heavy atom. The van der Waals surface area contributed by atoms with Crippen LogP contribution >= 0.6 is 0 Å². The Hall–Kier alpha value is -5.30. The highest BCUT2D eigenvalue weighted by Gasteiger charge is 2.13. The Labute approximate surface area is 239 Å². The van der Waals surface area contributed by atoms with Crippen molar-refractivity contribution in [3.05, 3.63) is 145 Å². The van der Waals surface area contributed by atoms with E-state index < -0.39 is 12.0 Å². The van der Waals surface area contributed by atoms with Gasteiger partial charge in [0.15, 0.2) is 37.9 Å². The summed E-state index contributed by atoms with van der Waals surface area (Å²) in [5.41, 5.74) is 6.45. The van der Waals surface area contributed by atoms with Gasteiger partial charge in [0.05, 0.1) is 0 Å². The van der Waals surface area contributed by atoms with Crippen molar-refractivity contribution in [1.82, 2.24) is 0 Å². The fourth-order valence-corrected chi connectivity index (χ4v) is 4.52. The number of hydrogen-bond acceptors (Lipinski definition) is 3. The van der Waals surface area contributed by atoms with Crippen LogP contribution in [0.25, 0.3) is 11.1 Å². The second-order valence-corrected chi connectivity index (χ2v) is 9.95. The average Bonchev–Trinajstić information content (AvgIpc) is 2.99. The van der Waals surface area contributed by atoms with Gasteiger partial charge in [0.2, 0.25) is 0 Å². The van der Waals surface area contributed by atoms with Crippen LogP contribution in [-0.2, 0) is 17.9 Å². The molecule has 5 rings (SSSR count). The third-order valence-corrected chi connectivity index (χ3v) is 6.75. The lowest BCUT2D eigenvalue weighted by Gasteiger charge is -2.12. The van der Waals surface area contributed by atoms with Crippen LogP contribution in [0.3, 0.4) is 0 Å². The number of carbonyl (C=O) groups excluding carboxylic acids is 1. The van der Waals surface area contributed by atoms with E-state index in [4.69, 9.17) is 5.11 Å². The number of nitrogens with one attached hydrogen (secondary N) is 2. The van der Waals surface area contributed by atoms with Gasteiger partial charge in [-0.05, 0) is 42.3 Å². The van der Waals surface area contributed by atoms with Crippen LogP contribution in [0.2, 0.25) is 0 Å². The molecule has 0 aliphatic carbocycles. The summed E-state index contributed by atoms with van der Waals surface area (Å²) >= 11 is 0. The van der Waals surface area contributed by atoms with E-state index in [0.717, 1.165) is 12.1 Å². The van der Waals surface area contributed by atoms with Crippen molar-refractivity contribution < 1.29 is 23.8 Å². The van der Waals surface area contributed by atoms with Crippen molar-refractivity contribution in [1.29, 1.82) is 0 Å². The van der Waals surface area contributed by atoms with E-state index >= 15 is 0 Å². The van der Waals surface area contributed by atoms with Crippen molar-refractivity contribution in [2.75, 3.05) is 10.6 Å². The van der Waals surface area contributed by atoms with Crippen LogP contribution in [-0.4, -0.2) is 23.0 Å². The molecule has 0 saturated heterocycles. The molecule has 0 aliphatic heterocycles. The highest BCUT2D eigenvalue weighted by atomic mass is 16.4. The smallest absolute Gasteiger partial charge is 0.325 e. The van der Waals surface area contributed by atoms with Gasteiger partial charge >= 0.3 is 5.97 Å². The van der Waals surface area contributed by atoms with Crippen molar-refractivity contribution in [2.45, 2.75) is 26.1 Å². The summed E-state index contributed by atoms with van der Waals surface area (Å²) in [5.74, 6) is -1.23. The lowest BCUT2D eigenvalue weighted by atomic mass is 10.1. The predicted molar refractivity (Wildman–Crippen MR) is 158 cm³/mol. The second-order valence-electron chi connectivity index (χ2n) is 9.95. The van der Waals surface area contributed by atoms with E-state index in [2.05, 4.69) is 76.1 Å². The molecule has 1 amide bonds. The van der Waals surface area contributed by atoms with Gasteiger partial charge in [-0.1, -0.05) is 60.7 Å². The summed E-state index contributed by atoms with van der Waals surface area (Å²) in [7, 11) is 0. The third kappa shape index (κ3) is 7.42. The number of anilines is 2. The number of hydrogen-bond donors (Lipinski definition) is 3. The number of aromatic nitrogens is 2. The third-order valence-electron chi connectivity index (χ3n) is 6.75. The number of aliphatic carboxylic acids is 1. The Morgan fingerprint density at radius 2 is 1.34 bits per heavy atom. The number of rotatable bonds is 10. The molecular formula is C34H32N4O3+2. The van der Waals surface area contributed by atoms with Crippen LogP contribution < -0.4 is 19.8 Å². The number of carboxylic acid groups (broad SMARTS) is 1. The van der Waals surface area contributed by atoms with E-state index in [-0.39, 0.29) is 5.91 Å². The molecule has 3 N–H and O–H groups in total. The Kier molecular flexibility index (Phi) is 8.45. The van der Waals surface area contributed by atoms with Gasteiger partial charge in [-0.25, -0.2) is 4.57 Å². The van der Waals surface area contributed by atoms with Crippen molar-refractivity contribution in [2.24, 2.45) is 0 Å². The number of nitrogens with zero attached hydrogens (tertiary/aromatic N) is 2. The Morgan fingerprint density at radius 3 is 2.02 bits per heavy atom. The summed E-state index contributed by atoms with van der Waals surface area (Å²) in [6.45, 7) is 3.00. The minimum Gasteiger partial charge on any atom is -0.480 e. The number of amides is 1.